The first-order valence-electron chi connectivity index (χ1n) is 51.7. The van der Waals surface area contributed by atoms with Gasteiger partial charge in [-0.1, -0.05) is 62.8 Å². The molecule has 145 heavy (non-hydrogen) atoms. The van der Waals surface area contributed by atoms with Crippen molar-refractivity contribution in [1.29, 1.82) is 0 Å². The molecule has 10 aromatic rings. The molecule has 32 heteroatoms. The number of aliphatic hydroxyl groups is 1. The van der Waals surface area contributed by atoms with Gasteiger partial charge in [0.05, 0.1) is 68.2 Å². The minimum absolute atomic E-state index is 0.0344. The van der Waals surface area contributed by atoms with Crippen LogP contribution < -0.4 is 31.9 Å². The Kier molecular flexibility index (Phi) is 31.1. The van der Waals surface area contributed by atoms with Crippen LogP contribution in [0.25, 0.3) is 57.7 Å². The standard InChI is InChI=1S/C32H35F2N5O2.C30H33N5O2.C26H31FN4O3.C25H28BrFN4O2/c1-20-27(36-26-6-5-13-39(32(41)30(20)26)15-14-38-11-3-2-4-12-38)17-24-23-16-25(34)29(18-28(23)37-31(24)40)35-19-21-7-9-22(33)10-8-21;1-20-26(19-23-28-22(21-10-12-31-13-11-21)7-5-8-25(28)33-29(23)36)32-24-9-6-16-35(30(37)27(20)24)18-17-34-14-3-2-4-15-34;1-15-22(13-19-18-12-16(27)9-10-20(18)30-25(19)33)29-21-8-5-11-31(26(34)24(15)21)14-23(32)28-17-6-3-2-4-7-17;1-15-21(14-18-17-12-16(27)13-19(26)23(17)29-24(18)32)28-20-6-5-9-31(25(33)22(15)20)11-10-30-7-3-2-4-8-30/h7-10,16-18,35-36H,2-6,11-15,19H2,1H3,(H,37,40);5,7-8,10-13,19,32H,2-4,6,9,14-18H2,1H3,(H,33,36);9-10,12-13,17,23,28-29,32H,2-8,11,14H2,1H3,(H,30,33);12-14,28H,2-11H2,1H3,(H,29,32)/b24-17-;23-19-;19-13-;18-14-/t;;23-;/m..0./s1. The zero-order valence-corrected chi connectivity index (χ0v) is 84.4. The number of anilines is 5. The van der Waals surface area contributed by atoms with E-state index in [4.69, 9.17) is 0 Å². The molecule has 12 aliphatic rings. The van der Waals surface area contributed by atoms with Crippen LogP contribution in [0.15, 0.2) is 114 Å². The molecule has 1 aliphatic carbocycles. The fraction of sp³-hybridized carbons (Fsp3) is 0.407. The Morgan fingerprint density at radius 3 is 1.31 bits per heavy atom. The fourth-order valence-electron chi connectivity index (χ4n) is 22.7. The highest BCUT2D eigenvalue weighted by atomic mass is 79.9. The number of H-pyrrole nitrogens is 4. The number of aliphatic hydroxyl groups excluding tert-OH is 1. The van der Waals surface area contributed by atoms with E-state index in [9.17, 15) is 56.6 Å². The van der Waals surface area contributed by atoms with Gasteiger partial charge in [0.1, 0.15) is 29.5 Å². The summed E-state index contributed by atoms with van der Waals surface area (Å²) < 4.78 is 56.6. The third-order valence-corrected chi connectivity index (χ3v) is 31.2. The lowest BCUT2D eigenvalue weighted by molar-refractivity contribution is -0.111. The van der Waals surface area contributed by atoms with Gasteiger partial charge < -0.3 is 85.9 Å². The number of hydrogen-bond acceptors (Lipinski definition) is 15. The molecule has 0 spiro atoms. The molecule has 5 aromatic carbocycles. The number of nitrogens with zero attached hydrogens (tertiary/aromatic N) is 8. The summed E-state index contributed by atoms with van der Waals surface area (Å²) in [5.41, 5.74) is 22.3. The zero-order chi connectivity index (χ0) is 101. The van der Waals surface area contributed by atoms with Crippen molar-refractivity contribution in [2.75, 3.05) is 138 Å². The van der Waals surface area contributed by atoms with Crippen LogP contribution in [-0.4, -0.2) is 235 Å². The minimum atomic E-state index is -0.761. The second-order valence-electron chi connectivity index (χ2n) is 40.2. The molecule has 16 heterocycles. The summed E-state index contributed by atoms with van der Waals surface area (Å²) in [7, 11) is 0. The Balaban J connectivity index is 0.000000123. The number of piperidine rings is 3. The molecule has 5 aromatic heterocycles. The molecule has 1 atom stereocenters. The van der Waals surface area contributed by atoms with Crippen molar-refractivity contribution in [3.63, 3.8) is 0 Å². The van der Waals surface area contributed by atoms with Crippen molar-refractivity contribution < 1.29 is 61.0 Å². The highest BCUT2D eigenvalue weighted by Gasteiger charge is 2.39. The van der Waals surface area contributed by atoms with Gasteiger partial charge in [-0.15, -0.1) is 0 Å². The number of carbonyl (C=O) groups is 8. The van der Waals surface area contributed by atoms with E-state index in [-0.39, 0.29) is 65.3 Å². The fourth-order valence-corrected chi connectivity index (χ4v) is 23.2. The highest BCUT2D eigenvalue weighted by Crippen LogP contribution is 2.45. The second kappa shape index (κ2) is 44.9. The molecule has 0 radical (unpaired) electrons. The molecule has 22 rings (SSSR count). The molecule has 27 nitrogen and oxygen atoms in total. The molecule has 758 valence electrons. The van der Waals surface area contributed by atoms with Gasteiger partial charge in [0, 0.05) is 174 Å². The van der Waals surface area contributed by atoms with Crippen LogP contribution in [0.4, 0.5) is 46.0 Å². The van der Waals surface area contributed by atoms with Gasteiger partial charge in [-0.05, 0) is 322 Å². The van der Waals surface area contributed by atoms with Gasteiger partial charge in [0.25, 0.3) is 47.3 Å². The molecular formula is C113H127BrF4N18O9. The van der Waals surface area contributed by atoms with Crippen LogP contribution in [-0.2, 0) is 51.4 Å². The number of nitrogens with one attached hydrogen (secondary N) is 10. The molecule has 11 N–H and O–H groups in total. The minimum Gasteiger partial charge on any atom is -0.379 e. The Morgan fingerprint density at radius 2 is 0.814 bits per heavy atom. The Bertz CT molecular complexity index is 6770. The predicted octanol–water partition coefficient (Wildman–Crippen LogP) is 18.5. The van der Waals surface area contributed by atoms with Crippen LogP contribution in [0.5, 0.6) is 0 Å². The van der Waals surface area contributed by atoms with Crippen LogP contribution in [0.2, 0.25) is 0 Å². The summed E-state index contributed by atoms with van der Waals surface area (Å²) in [5, 5.41) is 28.4. The van der Waals surface area contributed by atoms with Crippen LogP contribution >= 0.6 is 15.9 Å². The molecule has 4 fully saturated rings. The first-order valence-corrected chi connectivity index (χ1v) is 52.5. The molecule has 11 aliphatic heterocycles. The lowest BCUT2D eigenvalue weighted by Gasteiger charge is -2.29. The lowest BCUT2D eigenvalue weighted by atomic mass is 9.94. The van der Waals surface area contributed by atoms with E-state index in [1.807, 2.05) is 78.8 Å². The summed E-state index contributed by atoms with van der Waals surface area (Å²) in [4.78, 5) is 138. The predicted molar refractivity (Wildman–Crippen MR) is 562 cm³/mol. The van der Waals surface area contributed by atoms with Gasteiger partial charge in [-0.2, -0.15) is 0 Å². The van der Waals surface area contributed by atoms with Crippen molar-refractivity contribution in [3.8, 4) is 11.1 Å². The number of fused-ring (bicyclic) bond motifs is 8. The van der Waals surface area contributed by atoms with Gasteiger partial charge in [0.15, 0.2) is 0 Å². The molecular weight excluding hydrogens is 1910 g/mol. The monoisotopic (exact) mass is 2030 g/mol. The van der Waals surface area contributed by atoms with E-state index < -0.39 is 23.7 Å². The number of aromatic nitrogens is 5. The lowest BCUT2D eigenvalue weighted by Crippen LogP contribution is -2.47. The summed E-state index contributed by atoms with van der Waals surface area (Å²) in [5.74, 6) is -2.60. The number of likely N-dealkylation sites (tertiary alicyclic amines) is 3. The molecule has 0 unspecified atom stereocenters. The first kappa shape index (κ1) is 101. The van der Waals surface area contributed by atoms with Crippen LogP contribution in [0.1, 0.15) is 253 Å². The quantitative estimate of drug-likeness (QED) is 0.0181. The largest absolute Gasteiger partial charge is 0.379 e. The maximum atomic E-state index is 15.1. The second-order valence-corrected chi connectivity index (χ2v) is 41.1. The molecule has 8 amide bonds. The number of aryl methyl sites for hydroxylation is 4. The van der Waals surface area contributed by atoms with Gasteiger partial charge >= 0.3 is 0 Å². The van der Waals surface area contributed by atoms with Crippen molar-refractivity contribution in [1.82, 2.24) is 64.5 Å². The summed E-state index contributed by atoms with van der Waals surface area (Å²) in [6.45, 7) is 22.8. The number of halogens is 5. The maximum Gasteiger partial charge on any atom is 0.256 e. The first-order chi connectivity index (χ1) is 70.3. The number of carbonyl (C=O) groups excluding carboxylic acids is 8. The SMILES string of the molecule is Cc1c(/C=C2\C(=O)Nc3c(Br)cc(F)cc32)[nH]c2c1C(=O)N(CCN1CCCCC1)CCC2.Cc1c(/C=C2\C(=O)Nc3cc(NCc4ccc(F)cc4)c(F)cc32)[nH]c2c1C(=O)N(CCN1CCCCC1)CCC2.Cc1c(/C=C2\C(=O)Nc3ccc(F)cc32)[nH]c2c1C(=O)N(C[C@H](O)NC1CCCCC1)CCC2.Cc1c(/C=C2\C(=O)Nc3cccc(-c4ccncc4)c32)[nH]c2c1C(=O)N(CCN1CCCCC1)CCC2. The van der Waals surface area contributed by atoms with Gasteiger partial charge in [-0.3, -0.25) is 48.7 Å². The number of rotatable bonds is 21. The highest BCUT2D eigenvalue weighted by molar-refractivity contribution is 9.10. The van der Waals surface area contributed by atoms with Gasteiger partial charge in [0.2, 0.25) is 0 Å². The number of β-amino-alcohol motifs (C(OH)–C–C–N with tert-alkyl or cyclic N) is 1. The van der Waals surface area contributed by atoms with Crippen molar-refractivity contribution in [2.24, 2.45) is 0 Å². The number of aromatic amines is 4. The molecule has 0 bridgehead atoms. The smallest absolute Gasteiger partial charge is 0.256 e. The average molecular weight is 2040 g/mol. The average Bonchev–Trinajstić information content (AvgIpc) is 1.62. The van der Waals surface area contributed by atoms with Crippen molar-refractivity contribution in [2.45, 2.75) is 188 Å². The summed E-state index contributed by atoms with van der Waals surface area (Å²) in [6.07, 6.45) is 33.4. The normalized spacial score (nSPS) is 19.5. The van der Waals surface area contributed by atoms with E-state index in [2.05, 4.69) is 87.5 Å². The van der Waals surface area contributed by atoms with Crippen LogP contribution in [0, 0.1) is 51.0 Å². The maximum absolute atomic E-state index is 15.1. The van der Waals surface area contributed by atoms with E-state index in [0.29, 0.717) is 115 Å². The van der Waals surface area contributed by atoms with Crippen LogP contribution in [0.3, 0.4) is 0 Å². The Morgan fingerprint density at radius 1 is 0.400 bits per heavy atom. The van der Waals surface area contributed by atoms with Gasteiger partial charge in [-0.25, -0.2) is 17.6 Å². The van der Waals surface area contributed by atoms with E-state index >= 15 is 4.39 Å². The topological polar surface area (TPSA) is 328 Å². The summed E-state index contributed by atoms with van der Waals surface area (Å²) in [6, 6.07) is 25.9. The number of hydrogen-bond donors (Lipinski definition) is 11. The third-order valence-electron chi connectivity index (χ3n) is 30.6. The summed E-state index contributed by atoms with van der Waals surface area (Å²) >= 11 is 3.32. The zero-order valence-electron chi connectivity index (χ0n) is 82.8. The van der Waals surface area contributed by atoms with Crippen molar-refractivity contribution in [3.05, 3.63) is 255 Å². The third kappa shape index (κ3) is 22.4. The Labute approximate surface area is 850 Å². The van der Waals surface area contributed by atoms with E-state index in [0.717, 1.165) is 245 Å². The number of benzene rings is 5. The number of pyridine rings is 1. The molecule has 3 saturated heterocycles. The van der Waals surface area contributed by atoms with E-state index in [1.54, 1.807) is 59.8 Å². The van der Waals surface area contributed by atoms with E-state index in [1.165, 1.54) is 120 Å². The van der Waals surface area contributed by atoms with Crippen molar-refractivity contribution >= 4 is 138 Å². The number of amides is 8. The Hall–Kier alpha value is -13.1. The molecule has 1 saturated carbocycles.